The third-order valence-electron chi connectivity index (χ3n) is 7.50. The Morgan fingerprint density at radius 3 is 1.82 bits per heavy atom. The molecule has 0 amide bonds. The van der Waals surface area contributed by atoms with Crippen LogP contribution in [0.4, 0.5) is 0 Å². The van der Waals surface area contributed by atoms with Crippen LogP contribution in [0.15, 0.2) is 97.1 Å². The molecular formula is C33H27NO6. The van der Waals surface area contributed by atoms with Crippen LogP contribution in [-0.2, 0) is 9.59 Å². The number of para-hydroxylation sites is 2. The number of aliphatic carboxylic acids is 1. The lowest BCUT2D eigenvalue weighted by molar-refractivity contribution is -0.158. The largest absolute Gasteiger partial charge is 0.496 e. The van der Waals surface area contributed by atoms with Gasteiger partial charge in [-0.05, 0) is 58.7 Å². The number of hydrogen-bond acceptors (Lipinski definition) is 6. The topological polar surface area (TPSA) is 106 Å². The van der Waals surface area contributed by atoms with Crippen molar-refractivity contribution in [3.63, 3.8) is 0 Å². The minimum Gasteiger partial charge on any atom is -0.496 e. The summed E-state index contributed by atoms with van der Waals surface area (Å²) in [6.07, 6.45) is 0. The van der Waals surface area contributed by atoms with Crippen LogP contribution in [-0.4, -0.2) is 31.3 Å². The zero-order valence-corrected chi connectivity index (χ0v) is 22.0. The maximum atomic E-state index is 13.9. The van der Waals surface area contributed by atoms with Gasteiger partial charge in [0.2, 0.25) is 0 Å². The molecule has 1 N–H and O–H groups in total. The van der Waals surface area contributed by atoms with Crippen molar-refractivity contribution in [2.45, 2.75) is 11.8 Å². The number of carboxylic acid groups (broad SMARTS) is 1. The molecule has 4 aromatic carbocycles. The Labute approximate surface area is 232 Å². The van der Waals surface area contributed by atoms with Gasteiger partial charge in [0, 0.05) is 11.8 Å². The van der Waals surface area contributed by atoms with Crippen LogP contribution in [0.25, 0.3) is 11.1 Å². The number of carboxylic acids is 1. The number of nitriles is 1. The molecule has 0 heterocycles. The van der Waals surface area contributed by atoms with Gasteiger partial charge in [-0.15, -0.1) is 0 Å². The number of nitrogens with zero attached hydrogens (tertiary/aromatic N) is 1. The third-order valence-corrected chi connectivity index (χ3v) is 7.50. The van der Waals surface area contributed by atoms with Crippen LogP contribution < -0.4 is 14.2 Å². The summed E-state index contributed by atoms with van der Waals surface area (Å²) in [6.45, 7) is 0. The second-order valence-corrected chi connectivity index (χ2v) is 9.56. The van der Waals surface area contributed by atoms with Gasteiger partial charge in [-0.3, -0.25) is 9.59 Å². The third kappa shape index (κ3) is 4.87. The Morgan fingerprint density at radius 1 is 0.725 bits per heavy atom. The molecule has 1 fully saturated rings. The van der Waals surface area contributed by atoms with Gasteiger partial charge in [0.25, 0.3) is 0 Å². The summed E-state index contributed by atoms with van der Waals surface area (Å²) in [5.41, 5.74) is 3.50. The van der Waals surface area contributed by atoms with Gasteiger partial charge in [0.05, 0.1) is 37.7 Å². The Bertz CT molecular complexity index is 1530. The summed E-state index contributed by atoms with van der Waals surface area (Å²) >= 11 is 0. The first-order valence-corrected chi connectivity index (χ1v) is 12.8. The quantitative estimate of drug-likeness (QED) is 0.217. The van der Waals surface area contributed by atoms with Crippen molar-refractivity contribution in [1.82, 2.24) is 0 Å². The standard InChI is InChI=1S/C33H27NO6/c1-38-26-12-5-3-10-24(26)28-30(32(35)36)29(25-11-4-6-13-27(25)39-2)31(28)33(37)40-23-9-7-8-22(18-23)21-16-14-20(19-34)15-17-21/h3-18,28-31H,1-2H3,(H,35,36). The molecule has 1 aliphatic carbocycles. The summed E-state index contributed by atoms with van der Waals surface area (Å²) < 4.78 is 17.0. The van der Waals surface area contributed by atoms with E-state index in [9.17, 15) is 14.7 Å². The van der Waals surface area contributed by atoms with Crippen LogP contribution in [0.1, 0.15) is 28.5 Å². The van der Waals surface area contributed by atoms with E-state index in [0.29, 0.717) is 33.9 Å². The molecule has 7 heteroatoms. The molecule has 0 saturated heterocycles. The minimum atomic E-state index is -1.02. The molecule has 2 unspecified atom stereocenters. The first-order chi connectivity index (χ1) is 19.5. The van der Waals surface area contributed by atoms with Crippen molar-refractivity contribution < 1.29 is 28.9 Å². The van der Waals surface area contributed by atoms with E-state index in [1.807, 2.05) is 18.2 Å². The van der Waals surface area contributed by atoms with Crippen molar-refractivity contribution in [3.05, 3.63) is 114 Å². The zero-order valence-electron chi connectivity index (χ0n) is 22.0. The second kappa shape index (κ2) is 11.3. The highest BCUT2D eigenvalue weighted by Crippen LogP contribution is 2.60. The average molecular weight is 534 g/mol. The summed E-state index contributed by atoms with van der Waals surface area (Å²) in [7, 11) is 3.04. The van der Waals surface area contributed by atoms with E-state index in [4.69, 9.17) is 19.5 Å². The zero-order chi connectivity index (χ0) is 28.2. The van der Waals surface area contributed by atoms with Gasteiger partial charge < -0.3 is 19.3 Å². The Morgan fingerprint density at radius 2 is 1.30 bits per heavy atom. The van der Waals surface area contributed by atoms with E-state index in [2.05, 4.69) is 6.07 Å². The fraction of sp³-hybridized carbons (Fsp3) is 0.182. The second-order valence-electron chi connectivity index (χ2n) is 9.56. The average Bonchev–Trinajstić information content (AvgIpc) is 2.97. The van der Waals surface area contributed by atoms with Crippen LogP contribution in [0.2, 0.25) is 0 Å². The lowest BCUT2D eigenvalue weighted by Gasteiger charge is -2.49. The van der Waals surface area contributed by atoms with Crippen molar-refractivity contribution in [2.24, 2.45) is 11.8 Å². The summed E-state index contributed by atoms with van der Waals surface area (Å²) in [5, 5.41) is 19.4. The first kappa shape index (κ1) is 26.5. The molecule has 0 aromatic heterocycles. The Hall–Kier alpha value is -5.09. The SMILES string of the molecule is COc1ccccc1C1C(C(=O)O)C(c2ccccc2OC)C1C(=O)Oc1cccc(-c2ccc(C#N)cc2)c1. The van der Waals surface area contributed by atoms with Crippen molar-refractivity contribution in [1.29, 1.82) is 5.26 Å². The van der Waals surface area contributed by atoms with Crippen LogP contribution in [0.5, 0.6) is 17.2 Å². The molecule has 200 valence electrons. The molecule has 0 radical (unpaired) electrons. The smallest absolute Gasteiger partial charge is 0.315 e. The van der Waals surface area contributed by atoms with E-state index >= 15 is 0 Å². The maximum Gasteiger partial charge on any atom is 0.315 e. The lowest BCUT2D eigenvalue weighted by atomic mass is 9.52. The highest BCUT2D eigenvalue weighted by atomic mass is 16.5. The van der Waals surface area contributed by atoms with E-state index in [1.165, 1.54) is 14.2 Å². The number of rotatable bonds is 8. The molecule has 7 nitrogen and oxygen atoms in total. The fourth-order valence-corrected chi connectivity index (χ4v) is 5.67. The number of carbonyl (C=O) groups is 2. The highest BCUT2D eigenvalue weighted by molar-refractivity contribution is 5.86. The minimum absolute atomic E-state index is 0.336. The van der Waals surface area contributed by atoms with Crippen LogP contribution in [0.3, 0.4) is 0 Å². The van der Waals surface area contributed by atoms with Gasteiger partial charge in [-0.1, -0.05) is 60.7 Å². The monoisotopic (exact) mass is 533 g/mol. The number of ether oxygens (including phenoxy) is 3. The molecule has 5 rings (SSSR count). The molecule has 0 bridgehead atoms. The van der Waals surface area contributed by atoms with Gasteiger partial charge in [0.1, 0.15) is 17.2 Å². The first-order valence-electron chi connectivity index (χ1n) is 12.8. The maximum absolute atomic E-state index is 13.9. The summed E-state index contributed by atoms with van der Waals surface area (Å²) in [6, 6.07) is 30.6. The van der Waals surface area contributed by atoms with Gasteiger partial charge in [-0.25, -0.2) is 0 Å². The van der Waals surface area contributed by atoms with E-state index in [0.717, 1.165) is 11.1 Å². The molecule has 0 spiro atoms. The van der Waals surface area contributed by atoms with Crippen molar-refractivity contribution in [3.8, 4) is 34.4 Å². The van der Waals surface area contributed by atoms with Crippen molar-refractivity contribution >= 4 is 11.9 Å². The van der Waals surface area contributed by atoms with Crippen molar-refractivity contribution in [2.75, 3.05) is 14.2 Å². The molecule has 0 aliphatic heterocycles. The fourth-order valence-electron chi connectivity index (χ4n) is 5.67. The molecular weight excluding hydrogens is 506 g/mol. The van der Waals surface area contributed by atoms with Crippen LogP contribution >= 0.6 is 0 Å². The van der Waals surface area contributed by atoms with Gasteiger partial charge in [-0.2, -0.15) is 5.26 Å². The predicted octanol–water partition coefficient (Wildman–Crippen LogP) is 6.05. The Balaban J connectivity index is 1.54. The highest BCUT2D eigenvalue weighted by Gasteiger charge is 2.60. The van der Waals surface area contributed by atoms with Gasteiger partial charge in [0.15, 0.2) is 0 Å². The predicted molar refractivity (Wildman–Crippen MR) is 148 cm³/mol. The molecule has 4 aromatic rings. The number of esters is 1. The molecule has 40 heavy (non-hydrogen) atoms. The number of hydrogen-bond donors (Lipinski definition) is 1. The number of carbonyl (C=O) groups excluding carboxylic acids is 1. The number of benzene rings is 4. The molecule has 1 aliphatic rings. The van der Waals surface area contributed by atoms with E-state index < -0.39 is 35.6 Å². The lowest BCUT2D eigenvalue weighted by Crippen LogP contribution is -2.52. The molecule has 1 saturated carbocycles. The van der Waals surface area contributed by atoms with Crippen LogP contribution in [0, 0.1) is 23.2 Å². The van der Waals surface area contributed by atoms with Gasteiger partial charge >= 0.3 is 11.9 Å². The Kier molecular flexibility index (Phi) is 7.52. The number of methoxy groups -OCH3 is 2. The van der Waals surface area contributed by atoms with E-state index in [-0.39, 0.29) is 0 Å². The summed E-state index contributed by atoms with van der Waals surface area (Å²) in [5.74, 6) is -3.28. The molecule has 2 atom stereocenters. The summed E-state index contributed by atoms with van der Waals surface area (Å²) in [4.78, 5) is 26.6. The normalized spacial score (nSPS) is 19.5. The van der Waals surface area contributed by atoms with E-state index in [1.54, 1.807) is 78.9 Å².